The molecule has 0 radical (unpaired) electrons. The van der Waals surface area contributed by atoms with Crippen LogP contribution in [0.4, 0.5) is 4.79 Å². The van der Waals surface area contributed by atoms with Gasteiger partial charge in [0.2, 0.25) is 5.91 Å². The van der Waals surface area contributed by atoms with Crippen LogP contribution >= 0.6 is 0 Å². The molecule has 134 valence electrons. The molecule has 0 unspecified atom stereocenters. The molecule has 1 fully saturated rings. The lowest BCUT2D eigenvalue weighted by atomic mass is 9.97. The maximum Gasteiger partial charge on any atom is 0.314 e. The number of fused-ring (bicyclic) bond motifs is 1. The number of imidazole rings is 1. The molecule has 1 saturated heterocycles. The third kappa shape index (κ3) is 3.92. The second-order valence-corrected chi connectivity index (χ2v) is 6.80. The smallest absolute Gasteiger partial charge is 0.314 e. The fourth-order valence-electron chi connectivity index (χ4n) is 3.28. The van der Waals surface area contributed by atoms with Gasteiger partial charge in [-0.05, 0) is 49.9 Å². The third-order valence-electron chi connectivity index (χ3n) is 4.91. The van der Waals surface area contributed by atoms with Crippen molar-refractivity contribution in [2.24, 2.45) is 11.7 Å². The first-order valence-electron chi connectivity index (χ1n) is 8.72. The van der Waals surface area contributed by atoms with Crippen molar-refractivity contribution in [3.63, 3.8) is 0 Å². The Morgan fingerprint density at radius 3 is 2.88 bits per heavy atom. The van der Waals surface area contributed by atoms with E-state index in [0.717, 1.165) is 29.7 Å². The molecule has 7 nitrogen and oxygen atoms in total. The summed E-state index contributed by atoms with van der Waals surface area (Å²) in [6.07, 6.45) is 2.24. The van der Waals surface area contributed by atoms with Crippen LogP contribution in [0.1, 0.15) is 29.8 Å². The summed E-state index contributed by atoms with van der Waals surface area (Å²) < 4.78 is 0. The molecule has 0 aliphatic carbocycles. The molecular formula is C18H25N5O2. The third-order valence-corrected chi connectivity index (χ3v) is 4.91. The zero-order valence-corrected chi connectivity index (χ0v) is 14.8. The van der Waals surface area contributed by atoms with Gasteiger partial charge >= 0.3 is 6.03 Å². The fraction of sp³-hybridized carbons (Fsp3) is 0.500. The first kappa shape index (κ1) is 17.3. The van der Waals surface area contributed by atoms with Crippen molar-refractivity contribution in [1.82, 2.24) is 20.2 Å². The highest BCUT2D eigenvalue weighted by molar-refractivity contribution is 5.80. The number of urea groups is 1. The highest BCUT2D eigenvalue weighted by Crippen LogP contribution is 2.18. The van der Waals surface area contributed by atoms with E-state index >= 15 is 0 Å². The lowest BCUT2D eigenvalue weighted by Crippen LogP contribution is -2.47. The second-order valence-electron chi connectivity index (χ2n) is 6.80. The van der Waals surface area contributed by atoms with E-state index in [1.165, 1.54) is 16.0 Å². The maximum absolute atomic E-state index is 12.3. The molecule has 0 bridgehead atoms. The molecule has 3 rings (SSSR count). The van der Waals surface area contributed by atoms with Crippen LogP contribution in [0.25, 0.3) is 11.0 Å². The fourth-order valence-corrected chi connectivity index (χ4v) is 3.28. The lowest BCUT2D eigenvalue weighted by molar-refractivity contribution is -0.126. The summed E-state index contributed by atoms with van der Waals surface area (Å²) in [7, 11) is 0. The van der Waals surface area contributed by atoms with Crippen LogP contribution < -0.4 is 11.1 Å². The number of hydrogen-bond acceptors (Lipinski definition) is 3. The Labute approximate surface area is 147 Å². The summed E-state index contributed by atoms with van der Waals surface area (Å²) >= 11 is 0. The molecule has 3 amide bonds. The minimum Gasteiger partial charge on any atom is -0.355 e. The zero-order valence-electron chi connectivity index (χ0n) is 14.8. The van der Waals surface area contributed by atoms with Crippen molar-refractivity contribution in [2.45, 2.75) is 33.1 Å². The van der Waals surface area contributed by atoms with E-state index in [1.807, 2.05) is 0 Å². The van der Waals surface area contributed by atoms with Gasteiger partial charge in [0.05, 0.1) is 17.0 Å². The number of nitrogens with zero attached hydrogens (tertiary/aromatic N) is 2. The number of benzene rings is 1. The van der Waals surface area contributed by atoms with Crippen LogP contribution in [-0.4, -0.2) is 46.4 Å². The SMILES string of the molecule is Cc1cc2nc(CCNC(=O)[C@@H]3CCCN(C(N)=O)C3)[nH]c2cc1C. The topological polar surface area (TPSA) is 104 Å². The summed E-state index contributed by atoms with van der Waals surface area (Å²) in [5, 5.41) is 2.95. The molecule has 25 heavy (non-hydrogen) atoms. The van der Waals surface area contributed by atoms with Crippen molar-refractivity contribution < 1.29 is 9.59 Å². The van der Waals surface area contributed by atoms with Crippen molar-refractivity contribution in [1.29, 1.82) is 0 Å². The van der Waals surface area contributed by atoms with Crippen LogP contribution in [-0.2, 0) is 11.2 Å². The molecule has 1 aromatic heterocycles. The number of carbonyl (C=O) groups excluding carboxylic acids is 2. The number of nitrogens with one attached hydrogen (secondary N) is 2. The molecule has 4 N–H and O–H groups in total. The van der Waals surface area contributed by atoms with Gasteiger partial charge in [-0.25, -0.2) is 9.78 Å². The number of likely N-dealkylation sites (tertiary alicyclic amines) is 1. The predicted octanol–water partition coefficient (Wildman–Crippen LogP) is 1.63. The van der Waals surface area contributed by atoms with Crippen molar-refractivity contribution in [3.8, 4) is 0 Å². The molecule has 0 saturated carbocycles. The van der Waals surface area contributed by atoms with Gasteiger partial charge in [-0.3, -0.25) is 4.79 Å². The Kier molecular flexibility index (Phi) is 4.92. The summed E-state index contributed by atoms with van der Waals surface area (Å²) in [6, 6.07) is 3.72. The van der Waals surface area contributed by atoms with Crippen LogP contribution in [0.5, 0.6) is 0 Å². The molecule has 7 heteroatoms. The van der Waals surface area contributed by atoms with Gasteiger partial charge in [-0.15, -0.1) is 0 Å². The van der Waals surface area contributed by atoms with E-state index < -0.39 is 6.03 Å². The molecule has 1 aliphatic rings. The first-order valence-corrected chi connectivity index (χ1v) is 8.72. The van der Waals surface area contributed by atoms with Gasteiger partial charge in [-0.1, -0.05) is 0 Å². The number of aromatic nitrogens is 2. The molecule has 1 aliphatic heterocycles. The Bertz CT molecular complexity index is 759. The van der Waals surface area contributed by atoms with E-state index in [2.05, 4.69) is 41.3 Å². The van der Waals surface area contributed by atoms with E-state index in [4.69, 9.17) is 5.73 Å². The highest BCUT2D eigenvalue weighted by Gasteiger charge is 2.27. The number of piperidine rings is 1. The predicted molar refractivity (Wildman–Crippen MR) is 96.2 cm³/mol. The number of hydrogen-bond donors (Lipinski definition) is 3. The van der Waals surface area contributed by atoms with Crippen molar-refractivity contribution in [2.75, 3.05) is 19.6 Å². The molecule has 1 atom stereocenters. The van der Waals surface area contributed by atoms with E-state index in [9.17, 15) is 9.59 Å². The number of rotatable bonds is 4. The standard InChI is InChI=1S/C18H25N5O2/c1-11-8-14-15(9-12(11)2)22-16(21-14)5-6-20-17(24)13-4-3-7-23(10-13)18(19)25/h8-9,13H,3-7,10H2,1-2H3,(H2,19,25)(H,20,24)(H,21,22)/t13-/m1/s1. The summed E-state index contributed by atoms with van der Waals surface area (Å²) in [5.74, 6) is 0.665. The molecule has 2 aromatic rings. The largest absolute Gasteiger partial charge is 0.355 e. The summed E-state index contributed by atoms with van der Waals surface area (Å²) in [5.41, 5.74) is 9.73. The van der Waals surface area contributed by atoms with E-state index in [0.29, 0.717) is 26.1 Å². The number of primary amides is 1. The van der Waals surface area contributed by atoms with Crippen LogP contribution in [0.2, 0.25) is 0 Å². The van der Waals surface area contributed by atoms with E-state index in [1.54, 1.807) is 0 Å². The average molecular weight is 343 g/mol. The Morgan fingerprint density at radius 1 is 1.36 bits per heavy atom. The Balaban J connectivity index is 1.54. The summed E-state index contributed by atoms with van der Waals surface area (Å²) in [6.45, 7) is 5.71. The number of nitrogens with two attached hydrogens (primary N) is 1. The number of aromatic amines is 1. The molecular weight excluding hydrogens is 318 g/mol. The zero-order chi connectivity index (χ0) is 18.0. The average Bonchev–Trinajstić information content (AvgIpc) is 2.96. The van der Waals surface area contributed by atoms with Crippen LogP contribution in [0.3, 0.4) is 0 Å². The van der Waals surface area contributed by atoms with Crippen molar-refractivity contribution >= 4 is 23.0 Å². The quantitative estimate of drug-likeness (QED) is 0.786. The monoisotopic (exact) mass is 343 g/mol. The second kappa shape index (κ2) is 7.13. The minimum absolute atomic E-state index is 0.0197. The Hall–Kier alpha value is -2.57. The number of carbonyl (C=O) groups is 2. The van der Waals surface area contributed by atoms with E-state index in [-0.39, 0.29) is 11.8 Å². The number of amides is 3. The molecule has 0 spiro atoms. The molecule has 2 heterocycles. The van der Waals surface area contributed by atoms with Gasteiger partial charge in [0.1, 0.15) is 5.82 Å². The Morgan fingerprint density at radius 2 is 2.12 bits per heavy atom. The normalized spacial score (nSPS) is 17.7. The van der Waals surface area contributed by atoms with Gasteiger partial charge in [0.15, 0.2) is 0 Å². The number of aryl methyl sites for hydroxylation is 2. The van der Waals surface area contributed by atoms with Gasteiger partial charge in [-0.2, -0.15) is 0 Å². The van der Waals surface area contributed by atoms with Gasteiger partial charge in [0, 0.05) is 26.1 Å². The lowest BCUT2D eigenvalue weighted by Gasteiger charge is -2.30. The van der Waals surface area contributed by atoms with Crippen LogP contribution in [0.15, 0.2) is 12.1 Å². The molecule has 1 aromatic carbocycles. The van der Waals surface area contributed by atoms with Crippen molar-refractivity contribution in [3.05, 3.63) is 29.1 Å². The highest BCUT2D eigenvalue weighted by atomic mass is 16.2. The maximum atomic E-state index is 12.3. The van der Waals surface area contributed by atoms with Gasteiger partial charge in [0.25, 0.3) is 0 Å². The van der Waals surface area contributed by atoms with Gasteiger partial charge < -0.3 is 20.9 Å². The number of H-pyrrole nitrogens is 1. The summed E-state index contributed by atoms with van der Waals surface area (Å²) in [4.78, 5) is 33.0. The van der Waals surface area contributed by atoms with Crippen LogP contribution in [0, 0.1) is 19.8 Å². The first-order chi connectivity index (χ1) is 11.9. The minimum atomic E-state index is -0.453.